The first-order valence-corrected chi connectivity index (χ1v) is 14.3. The number of anilines is 1. The summed E-state index contributed by atoms with van der Waals surface area (Å²) in [5.74, 6) is -2.19. The van der Waals surface area contributed by atoms with Crippen LogP contribution in [0.25, 0.3) is 22.0 Å². The van der Waals surface area contributed by atoms with Crippen LogP contribution in [0.4, 0.5) is 18.9 Å². The first kappa shape index (κ1) is 32.8. The van der Waals surface area contributed by atoms with Gasteiger partial charge >= 0.3 is 12.1 Å². The van der Waals surface area contributed by atoms with Crippen molar-refractivity contribution in [3.8, 4) is 11.1 Å². The van der Waals surface area contributed by atoms with E-state index in [-0.39, 0.29) is 44.8 Å². The van der Waals surface area contributed by atoms with E-state index < -0.39 is 40.8 Å². The van der Waals surface area contributed by atoms with Crippen molar-refractivity contribution in [3.05, 3.63) is 91.4 Å². The zero-order valence-electron chi connectivity index (χ0n) is 24.1. The highest BCUT2D eigenvalue weighted by molar-refractivity contribution is 6.40. The van der Waals surface area contributed by atoms with E-state index in [1.165, 1.54) is 50.5 Å². The van der Waals surface area contributed by atoms with Crippen molar-refractivity contribution in [2.75, 3.05) is 5.32 Å². The second kappa shape index (κ2) is 12.9. The van der Waals surface area contributed by atoms with Crippen LogP contribution in [0.1, 0.15) is 47.4 Å². The Labute approximate surface area is 260 Å². The summed E-state index contributed by atoms with van der Waals surface area (Å²) >= 11 is 12.7. The normalized spacial score (nSPS) is 13.0. The van der Waals surface area contributed by atoms with Crippen LogP contribution < -0.4 is 16.2 Å². The number of pyridine rings is 2. The number of carbonyl (C=O) groups excluding carboxylic acids is 1. The Balaban J connectivity index is 1.73. The minimum absolute atomic E-state index is 0.0177. The molecular formula is C31H29Cl2F3N4O4. The van der Waals surface area contributed by atoms with Gasteiger partial charge in [-0.2, -0.15) is 13.2 Å². The molecule has 44 heavy (non-hydrogen) atoms. The molecule has 3 N–H and O–H groups in total. The van der Waals surface area contributed by atoms with Crippen molar-refractivity contribution in [2.24, 2.45) is 7.05 Å². The number of hydrogen-bond donors (Lipinski definition) is 3. The SMILES string of the molecule is CC[C@H](C)Nc1cc(Cl)c(C(=O)N[C@@H](Cc2ccc(-c3c(C(F)(F)F)cc(C)n(C)c3=O)c3ncccc23)C(=O)O)c(Cl)c1. The standard InChI is InChI=1S/C31H29Cl2F3N4O4/c1-5-15(2)38-18-13-22(32)26(23(33)14-18)28(41)39-24(30(43)44)12-17-8-9-20(27-19(17)7-6-10-37-27)25-21(31(34,35)36)11-16(3)40(4)29(25)42/h6-11,13-15,24,38H,5,12H2,1-4H3,(H,39,41)(H,43,44)/t15-,24-/m0/s1. The molecular weight excluding hydrogens is 620 g/mol. The van der Waals surface area contributed by atoms with Crippen LogP contribution >= 0.6 is 23.2 Å². The maximum atomic E-state index is 14.1. The lowest BCUT2D eigenvalue weighted by molar-refractivity contribution is -0.139. The van der Waals surface area contributed by atoms with Crippen molar-refractivity contribution in [2.45, 2.75) is 51.9 Å². The lowest BCUT2D eigenvalue weighted by Crippen LogP contribution is -2.42. The third kappa shape index (κ3) is 6.68. The number of rotatable bonds is 9. The molecule has 2 atom stereocenters. The molecule has 13 heteroatoms. The van der Waals surface area contributed by atoms with E-state index in [1.807, 2.05) is 13.8 Å². The molecule has 0 aliphatic carbocycles. The predicted octanol–water partition coefficient (Wildman–Crippen LogP) is 6.87. The van der Waals surface area contributed by atoms with Crippen LogP contribution in [0.3, 0.4) is 0 Å². The van der Waals surface area contributed by atoms with Crippen molar-refractivity contribution in [1.82, 2.24) is 14.9 Å². The average molecular weight is 649 g/mol. The van der Waals surface area contributed by atoms with Crippen LogP contribution in [0.5, 0.6) is 0 Å². The Morgan fingerprint density at radius 3 is 2.36 bits per heavy atom. The van der Waals surface area contributed by atoms with Gasteiger partial charge < -0.3 is 20.3 Å². The van der Waals surface area contributed by atoms with E-state index in [4.69, 9.17) is 23.2 Å². The number of carbonyl (C=O) groups is 2. The number of benzene rings is 2. The molecule has 2 aromatic carbocycles. The summed E-state index contributed by atoms with van der Waals surface area (Å²) in [6.07, 6.45) is -2.89. The summed E-state index contributed by atoms with van der Waals surface area (Å²) in [6, 6.07) is 8.42. The summed E-state index contributed by atoms with van der Waals surface area (Å²) in [6.45, 7) is 5.35. The fraction of sp³-hybridized carbons (Fsp3) is 0.290. The Bertz CT molecular complexity index is 1800. The van der Waals surface area contributed by atoms with Crippen molar-refractivity contribution < 1.29 is 27.9 Å². The maximum absolute atomic E-state index is 14.1. The summed E-state index contributed by atoms with van der Waals surface area (Å²) in [5.41, 5.74) is -1.53. The molecule has 4 aromatic rings. The number of aliphatic carboxylic acids is 1. The smallest absolute Gasteiger partial charge is 0.417 e. The lowest BCUT2D eigenvalue weighted by Gasteiger charge is -2.20. The number of alkyl halides is 3. The van der Waals surface area contributed by atoms with Gasteiger partial charge in [0.1, 0.15) is 6.04 Å². The molecule has 2 heterocycles. The van der Waals surface area contributed by atoms with Crippen LogP contribution in [0.15, 0.2) is 53.5 Å². The van der Waals surface area contributed by atoms with Crippen molar-refractivity contribution in [1.29, 1.82) is 0 Å². The number of nitrogens with zero attached hydrogens (tertiary/aromatic N) is 2. The first-order valence-electron chi connectivity index (χ1n) is 13.6. The molecule has 2 aromatic heterocycles. The minimum atomic E-state index is -4.82. The van der Waals surface area contributed by atoms with Gasteiger partial charge in [0.25, 0.3) is 11.5 Å². The molecule has 8 nitrogen and oxygen atoms in total. The molecule has 0 fully saturated rings. The number of hydrogen-bond acceptors (Lipinski definition) is 5. The topological polar surface area (TPSA) is 113 Å². The number of amides is 1. The fourth-order valence-electron chi connectivity index (χ4n) is 4.83. The highest BCUT2D eigenvalue weighted by Crippen LogP contribution is 2.38. The van der Waals surface area contributed by atoms with Crippen LogP contribution in [0, 0.1) is 6.92 Å². The van der Waals surface area contributed by atoms with Gasteiger partial charge in [-0.15, -0.1) is 0 Å². The second-order valence-electron chi connectivity index (χ2n) is 10.4. The molecule has 0 aliphatic rings. The minimum Gasteiger partial charge on any atom is -0.480 e. The van der Waals surface area contributed by atoms with Gasteiger partial charge in [-0.3, -0.25) is 14.6 Å². The van der Waals surface area contributed by atoms with Gasteiger partial charge in [-0.25, -0.2) is 4.79 Å². The van der Waals surface area contributed by atoms with Gasteiger partial charge in [0.05, 0.1) is 32.3 Å². The summed E-state index contributed by atoms with van der Waals surface area (Å²) in [4.78, 5) is 42.9. The maximum Gasteiger partial charge on any atom is 0.417 e. The summed E-state index contributed by atoms with van der Waals surface area (Å²) in [7, 11) is 1.37. The largest absolute Gasteiger partial charge is 0.480 e. The predicted molar refractivity (Wildman–Crippen MR) is 165 cm³/mol. The van der Waals surface area contributed by atoms with Crippen LogP contribution in [-0.4, -0.2) is 38.6 Å². The molecule has 0 aliphatic heterocycles. The Kier molecular flexibility index (Phi) is 9.60. The Hall–Kier alpha value is -4.09. The molecule has 0 unspecified atom stereocenters. The molecule has 4 rings (SSSR count). The molecule has 0 bridgehead atoms. The van der Waals surface area contributed by atoms with Gasteiger partial charge in [-0.05, 0) is 50.1 Å². The first-order chi connectivity index (χ1) is 20.6. The number of aromatic nitrogens is 2. The van der Waals surface area contributed by atoms with Gasteiger partial charge in [0, 0.05) is 48.0 Å². The van der Waals surface area contributed by atoms with E-state index in [1.54, 1.807) is 6.07 Å². The number of halogens is 5. The zero-order chi connectivity index (χ0) is 32.5. The lowest BCUT2D eigenvalue weighted by atomic mass is 9.93. The highest BCUT2D eigenvalue weighted by Gasteiger charge is 2.37. The summed E-state index contributed by atoms with van der Waals surface area (Å²) < 4.78 is 43.4. The fourth-order valence-corrected chi connectivity index (χ4v) is 5.49. The van der Waals surface area contributed by atoms with Crippen LogP contribution in [0.2, 0.25) is 10.0 Å². The number of aryl methyl sites for hydroxylation is 1. The monoisotopic (exact) mass is 648 g/mol. The third-order valence-corrected chi connectivity index (χ3v) is 8.02. The quantitative estimate of drug-likeness (QED) is 0.183. The Morgan fingerprint density at radius 2 is 1.77 bits per heavy atom. The van der Waals surface area contributed by atoms with Crippen LogP contribution in [-0.2, 0) is 24.4 Å². The van der Waals surface area contributed by atoms with Gasteiger partial charge in [-0.1, -0.05) is 48.3 Å². The molecule has 0 saturated heterocycles. The molecule has 0 radical (unpaired) electrons. The van der Waals surface area contributed by atoms with Gasteiger partial charge in [0.2, 0.25) is 0 Å². The van der Waals surface area contributed by atoms with Crippen molar-refractivity contribution >= 4 is 51.7 Å². The van der Waals surface area contributed by atoms with E-state index in [0.717, 1.165) is 17.1 Å². The summed E-state index contributed by atoms with van der Waals surface area (Å²) in [5, 5.41) is 16.0. The van der Waals surface area contributed by atoms with Crippen molar-refractivity contribution in [3.63, 3.8) is 0 Å². The second-order valence-corrected chi connectivity index (χ2v) is 11.3. The van der Waals surface area contributed by atoms with E-state index in [9.17, 15) is 32.7 Å². The molecule has 0 saturated carbocycles. The number of carboxylic acids is 1. The number of carboxylic acid groups (broad SMARTS) is 1. The van der Waals surface area contributed by atoms with E-state index in [0.29, 0.717) is 16.6 Å². The molecule has 1 amide bonds. The molecule has 0 spiro atoms. The van der Waals surface area contributed by atoms with E-state index >= 15 is 0 Å². The van der Waals surface area contributed by atoms with E-state index in [2.05, 4.69) is 15.6 Å². The number of nitrogens with one attached hydrogen (secondary N) is 2. The Morgan fingerprint density at radius 1 is 1.11 bits per heavy atom. The molecule has 232 valence electrons. The zero-order valence-corrected chi connectivity index (χ0v) is 25.7. The van der Waals surface area contributed by atoms with Gasteiger partial charge in [0.15, 0.2) is 0 Å². The third-order valence-electron chi connectivity index (χ3n) is 7.43. The highest BCUT2D eigenvalue weighted by atomic mass is 35.5. The average Bonchev–Trinajstić information content (AvgIpc) is 2.94. The number of fused-ring (bicyclic) bond motifs is 1.